The molecule has 1 aliphatic carbocycles. The molecular weight excluding hydrogens is 462 g/mol. The largest absolute Gasteiger partial charge is 0.444 e. The number of alkyl carbamates (subject to hydrolysis) is 1. The lowest BCUT2D eigenvalue weighted by Crippen LogP contribution is -2.36. The molecule has 37 heavy (non-hydrogen) atoms. The summed E-state index contributed by atoms with van der Waals surface area (Å²) >= 11 is 0. The number of nitrogens with one attached hydrogen (secondary N) is 1. The third kappa shape index (κ3) is 3.88. The van der Waals surface area contributed by atoms with Crippen LogP contribution in [-0.4, -0.2) is 40.2 Å². The van der Waals surface area contributed by atoms with E-state index in [0.717, 1.165) is 59.5 Å². The number of imidazole rings is 1. The number of aromatic nitrogens is 2. The number of anilines is 1. The second-order valence-electron chi connectivity index (χ2n) is 11.4. The van der Waals surface area contributed by atoms with Crippen LogP contribution >= 0.6 is 0 Å². The highest BCUT2D eigenvalue weighted by Gasteiger charge is 2.59. The Bertz CT molecular complexity index is 1580. The van der Waals surface area contributed by atoms with E-state index in [1.807, 2.05) is 64.1 Å². The average molecular weight is 494 g/mol. The third-order valence-corrected chi connectivity index (χ3v) is 7.71. The predicted octanol–water partition coefficient (Wildman–Crippen LogP) is 5.83. The van der Waals surface area contributed by atoms with Gasteiger partial charge in [0, 0.05) is 30.1 Å². The molecule has 188 valence electrons. The van der Waals surface area contributed by atoms with Crippen molar-refractivity contribution in [3.05, 3.63) is 65.7 Å². The Labute approximate surface area is 216 Å². The zero-order valence-corrected chi connectivity index (χ0v) is 21.7. The van der Waals surface area contributed by atoms with E-state index in [4.69, 9.17) is 9.72 Å². The zero-order valence-electron chi connectivity index (χ0n) is 21.7. The van der Waals surface area contributed by atoms with Crippen molar-refractivity contribution < 1.29 is 9.53 Å². The Morgan fingerprint density at radius 3 is 2.62 bits per heavy atom. The van der Waals surface area contributed by atoms with Crippen LogP contribution in [0.2, 0.25) is 0 Å². The second-order valence-corrected chi connectivity index (χ2v) is 11.4. The highest BCUT2D eigenvalue weighted by molar-refractivity contribution is 5.92. The Morgan fingerprint density at radius 2 is 1.89 bits per heavy atom. The van der Waals surface area contributed by atoms with Crippen LogP contribution in [0.4, 0.5) is 10.6 Å². The molecule has 4 aromatic rings. The SMILES string of the molecule is Cc1c(-c2ccccc2)c(N2CC[C@]3(C[C@@H]3NC(=O)OC(C)(C)C)C2)n2c(nc3ccccc32)c1C#N. The van der Waals surface area contributed by atoms with Gasteiger partial charge in [-0.3, -0.25) is 4.40 Å². The van der Waals surface area contributed by atoms with E-state index in [0.29, 0.717) is 11.2 Å². The van der Waals surface area contributed by atoms with Gasteiger partial charge in [0.15, 0.2) is 5.65 Å². The van der Waals surface area contributed by atoms with Crippen molar-refractivity contribution >= 4 is 28.6 Å². The molecule has 2 aliphatic rings. The first-order chi connectivity index (χ1) is 17.7. The number of carbonyl (C=O) groups excluding carboxylic acids is 1. The second kappa shape index (κ2) is 8.24. The van der Waals surface area contributed by atoms with Crippen LogP contribution in [0.5, 0.6) is 0 Å². The maximum Gasteiger partial charge on any atom is 0.407 e. The molecule has 6 rings (SSSR count). The molecule has 1 saturated carbocycles. The van der Waals surface area contributed by atoms with Crippen LogP contribution in [0.15, 0.2) is 54.6 Å². The summed E-state index contributed by atoms with van der Waals surface area (Å²) in [5.74, 6) is 1.06. The molecule has 1 saturated heterocycles. The van der Waals surface area contributed by atoms with Crippen molar-refractivity contribution in [3.8, 4) is 17.2 Å². The smallest absolute Gasteiger partial charge is 0.407 e. The lowest BCUT2D eigenvalue weighted by atomic mass is 9.97. The molecule has 0 bridgehead atoms. The van der Waals surface area contributed by atoms with Gasteiger partial charge in [-0.25, -0.2) is 9.78 Å². The Morgan fingerprint density at radius 1 is 1.16 bits per heavy atom. The van der Waals surface area contributed by atoms with Gasteiger partial charge in [0.05, 0.1) is 16.6 Å². The first-order valence-corrected chi connectivity index (χ1v) is 12.8. The van der Waals surface area contributed by atoms with Crippen LogP contribution in [0.3, 0.4) is 0 Å². The molecule has 1 aliphatic heterocycles. The normalized spacial score (nSPS) is 20.9. The van der Waals surface area contributed by atoms with Crippen molar-refractivity contribution in [2.24, 2.45) is 5.41 Å². The molecule has 2 aromatic carbocycles. The van der Waals surface area contributed by atoms with Gasteiger partial charge >= 0.3 is 6.09 Å². The van der Waals surface area contributed by atoms with Gasteiger partial charge in [-0.05, 0) is 63.8 Å². The summed E-state index contributed by atoms with van der Waals surface area (Å²) in [6.45, 7) is 9.35. The summed E-state index contributed by atoms with van der Waals surface area (Å²) in [5.41, 5.74) is 5.72. The molecule has 7 heteroatoms. The summed E-state index contributed by atoms with van der Waals surface area (Å²) in [7, 11) is 0. The van der Waals surface area contributed by atoms with Gasteiger partial charge in [-0.15, -0.1) is 0 Å². The van der Waals surface area contributed by atoms with Crippen molar-refractivity contribution in [2.45, 2.75) is 52.2 Å². The van der Waals surface area contributed by atoms with Gasteiger partial charge in [0.25, 0.3) is 0 Å². The molecule has 3 heterocycles. The van der Waals surface area contributed by atoms with Crippen molar-refractivity contribution in [1.29, 1.82) is 5.26 Å². The fourth-order valence-corrected chi connectivity index (χ4v) is 5.89. The number of carbonyl (C=O) groups is 1. The average Bonchev–Trinajstić information content (AvgIpc) is 3.16. The Balaban J connectivity index is 1.47. The molecule has 2 fully saturated rings. The number of benzene rings is 2. The summed E-state index contributed by atoms with van der Waals surface area (Å²) < 4.78 is 7.68. The lowest BCUT2D eigenvalue weighted by molar-refractivity contribution is 0.0517. The van der Waals surface area contributed by atoms with Gasteiger partial charge in [0.1, 0.15) is 17.5 Å². The van der Waals surface area contributed by atoms with Gasteiger partial charge in [-0.1, -0.05) is 42.5 Å². The number of hydrogen-bond acceptors (Lipinski definition) is 5. The standard InChI is InChI=1S/C30H31N5O2/c1-19-21(17-31)26-32-22-12-8-9-13-23(22)35(26)27(25(19)20-10-6-5-7-11-20)34-15-14-30(18-34)16-24(30)33-28(36)37-29(2,3)4/h5-13,24H,14-16,18H2,1-4H3,(H,33,36)/t24-,30-/m0/s1. The first-order valence-electron chi connectivity index (χ1n) is 12.8. The molecule has 1 amide bonds. The van der Waals surface area contributed by atoms with Crippen LogP contribution in [0.1, 0.15) is 44.7 Å². The summed E-state index contributed by atoms with van der Waals surface area (Å²) in [4.78, 5) is 19.8. The molecule has 7 nitrogen and oxygen atoms in total. The minimum absolute atomic E-state index is 0.0232. The topological polar surface area (TPSA) is 82.7 Å². The lowest BCUT2D eigenvalue weighted by Gasteiger charge is -2.26. The minimum atomic E-state index is -0.521. The maximum atomic E-state index is 12.5. The number of ether oxygens (including phenoxy) is 1. The summed E-state index contributed by atoms with van der Waals surface area (Å²) in [5, 5.41) is 13.3. The molecule has 1 spiro atoms. The molecule has 1 N–H and O–H groups in total. The molecular formula is C30H31N5O2. The van der Waals surface area contributed by atoms with Crippen LogP contribution < -0.4 is 10.2 Å². The molecule has 2 aromatic heterocycles. The minimum Gasteiger partial charge on any atom is -0.444 e. The van der Waals surface area contributed by atoms with E-state index in [1.165, 1.54) is 0 Å². The van der Waals surface area contributed by atoms with Gasteiger partial charge in [-0.2, -0.15) is 5.26 Å². The summed E-state index contributed by atoms with van der Waals surface area (Å²) in [6, 6.07) is 20.9. The number of fused-ring (bicyclic) bond motifs is 3. The highest BCUT2D eigenvalue weighted by atomic mass is 16.6. The monoisotopic (exact) mass is 493 g/mol. The van der Waals surface area contributed by atoms with Crippen LogP contribution in [0, 0.1) is 23.7 Å². The number of pyridine rings is 1. The fraction of sp³-hybridized carbons (Fsp3) is 0.367. The van der Waals surface area contributed by atoms with Crippen molar-refractivity contribution in [3.63, 3.8) is 0 Å². The number of nitrogens with zero attached hydrogens (tertiary/aromatic N) is 4. The van der Waals surface area contributed by atoms with E-state index in [1.54, 1.807) is 0 Å². The Hall–Kier alpha value is -4.05. The van der Waals surface area contributed by atoms with E-state index in [2.05, 4.69) is 38.9 Å². The fourth-order valence-electron chi connectivity index (χ4n) is 5.89. The third-order valence-electron chi connectivity index (χ3n) is 7.71. The van der Waals surface area contributed by atoms with Gasteiger partial charge in [0.2, 0.25) is 0 Å². The van der Waals surface area contributed by atoms with Crippen molar-refractivity contribution in [2.75, 3.05) is 18.0 Å². The van der Waals surface area contributed by atoms with E-state index >= 15 is 0 Å². The number of nitriles is 1. The van der Waals surface area contributed by atoms with Crippen molar-refractivity contribution in [1.82, 2.24) is 14.7 Å². The summed E-state index contributed by atoms with van der Waals surface area (Å²) in [6.07, 6.45) is 1.57. The number of para-hydroxylation sites is 2. The Kier molecular flexibility index (Phi) is 5.20. The molecule has 2 atom stereocenters. The number of rotatable bonds is 3. The first kappa shape index (κ1) is 23.4. The maximum absolute atomic E-state index is 12.5. The quantitative estimate of drug-likeness (QED) is 0.388. The van der Waals surface area contributed by atoms with E-state index < -0.39 is 5.60 Å². The number of amides is 1. The molecule has 0 unspecified atom stereocenters. The van der Waals surface area contributed by atoms with Gasteiger partial charge < -0.3 is 15.0 Å². The van der Waals surface area contributed by atoms with Crippen LogP contribution in [0.25, 0.3) is 27.8 Å². The van der Waals surface area contributed by atoms with Crippen LogP contribution in [-0.2, 0) is 4.74 Å². The number of hydrogen-bond donors (Lipinski definition) is 1. The highest BCUT2D eigenvalue weighted by Crippen LogP contribution is 2.55. The predicted molar refractivity (Wildman–Crippen MR) is 145 cm³/mol. The van der Waals surface area contributed by atoms with E-state index in [9.17, 15) is 10.1 Å². The molecule has 0 radical (unpaired) electrons. The van der Waals surface area contributed by atoms with E-state index in [-0.39, 0.29) is 17.6 Å². The zero-order chi connectivity index (χ0) is 25.9.